The zero-order valence-corrected chi connectivity index (χ0v) is 16.4. The number of ether oxygens (including phenoxy) is 2. The van der Waals surface area contributed by atoms with E-state index in [-0.39, 0.29) is 23.5 Å². The third-order valence-electron chi connectivity index (χ3n) is 4.47. The van der Waals surface area contributed by atoms with Gasteiger partial charge in [0.05, 0.1) is 19.3 Å². The van der Waals surface area contributed by atoms with Gasteiger partial charge < -0.3 is 9.47 Å². The number of nitrogens with zero attached hydrogens (tertiary/aromatic N) is 5. The number of Topliss-reactive ketones (excluding diaryl/α,β-unsaturated/α-hetero) is 1. The SMILES string of the molecule is COc1ccc(C(=O)Cn2cnc3c(nnn3-c3ccc(OC(F)(F)F)cc3)c2=O)cc1. The third kappa shape index (κ3) is 4.29. The Bertz CT molecular complexity index is 1330. The van der Waals surface area contributed by atoms with Crippen molar-refractivity contribution in [2.45, 2.75) is 12.9 Å². The summed E-state index contributed by atoms with van der Waals surface area (Å²) < 4.78 is 48.1. The summed E-state index contributed by atoms with van der Waals surface area (Å²) in [6.45, 7) is -0.259. The van der Waals surface area contributed by atoms with E-state index < -0.39 is 17.7 Å². The molecule has 4 aromatic rings. The van der Waals surface area contributed by atoms with Gasteiger partial charge in [0.15, 0.2) is 16.9 Å². The molecule has 164 valence electrons. The van der Waals surface area contributed by atoms with Gasteiger partial charge in [0, 0.05) is 5.56 Å². The first-order chi connectivity index (χ1) is 15.2. The number of alkyl halides is 3. The van der Waals surface area contributed by atoms with Crippen LogP contribution in [0.15, 0.2) is 59.7 Å². The summed E-state index contributed by atoms with van der Waals surface area (Å²) in [5.74, 6) is -0.127. The van der Waals surface area contributed by atoms with Crippen molar-refractivity contribution in [2.24, 2.45) is 0 Å². The minimum atomic E-state index is -4.81. The molecule has 0 fully saturated rings. The predicted molar refractivity (Wildman–Crippen MR) is 105 cm³/mol. The monoisotopic (exact) mass is 445 g/mol. The minimum Gasteiger partial charge on any atom is -0.497 e. The number of hydrogen-bond donors (Lipinski definition) is 0. The van der Waals surface area contributed by atoms with Crippen LogP contribution in [0.3, 0.4) is 0 Å². The Kier molecular flexibility index (Phi) is 5.34. The van der Waals surface area contributed by atoms with Crippen molar-refractivity contribution in [3.8, 4) is 17.2 Å². The highest BCUT2D eigenvalue weighted by Gasteiger charge is 2.31. The van der Waals surface area contributed by atoms with Crippen molar-refractivity contribution >= 4 is 16.9 Å². The number of halogens is 3. The van der Waals surface area contributed by atoms with Crippen molar-refractivity contribution in [3.63, 3.8) is 0 Å². The Hall–Kier alpha value is -4.22. The van der Waals surface area contributed by atoms with Gasteiger partial charge in [0.2, 0.25) is 0 Å². The molecule has 2 aromatic heterocycles. The maximum Gasteiger partial charge on any atom is 0.573 e. The van der Waals surface area contributed by atoms with Crippen molar-refractivity contribution in [1.29, 1.82) is 0 Å². The fraction of sp³-hybridized carbons (Fsp3) is 0.150. The third-order valence-corrected chi connectivity index (χ3v) is 4.47. The van der Waals surface area contributed by atoms with E-state index in [1.165, 1.54) is 30.3 Å². The zero-order valence-electron chi connectivity index (χ0n) is 16.4. The molecule has 0 aliphatic carbocycles. The number of carbonyl (C=O) groups is 1. The summed E-state index contributed by atoms with van der Waals surface area (Å²) in [5, 5.41) is 7.67. The van der Waals surface area contributed by atoms with Gasteiger partial charge in [-0.2, -0.15) is 4.68 Å². The second kappa shape index (κ2) is 8.13. The molecular weight excluding hydrogens is 431 g/mol. The largest absolute Gasteiger partial charge is 0.573 e. The van der Waals surface area contributed by atoms with Gasteiger partial charge >= 0.3 is 6.36 Å². The van der Waals surface area contributed by atoms with Crippen LogP contribution in [0.1, 0.15) is 10.4 Å². The first kappa shape index (κ1) is 21.0. The molecule has 2 heterocycles. The molecule has 0 amide bonds. The molecule has 0 saturated heterocycles. The lowest BCUT2D eigenvalue weighted by Gasteiger charge is -2.09. The Balaban J connectivity index is 1.59. The van der Waals surface area contributed by atoms with Gasteiger partial charge in [-0.05, 0) is 48.5 Å². The first-order valence-electron chi connectivity index (χ1n) is 9.09. The molecule has 0 N–H and O–H groups in total. The molecule has 0 spiro atoms. The first-order valence-corrected chi connectivity index (χ1v) is 9.09. The number of aromatic nitrogens is 5. The van der Waals surface area contributed by atoms with Gasteiger partial charge in [0.25, 0.3) is 5.56 Å². The van der Waals surface area contributed by atoms with Gasteiger partial charge in [-0.3, -0.25) is 14.2 Å². The minimum absolute atomic E-state index is 0.0904. The molecule has 0 bridgehead atoms. The number of hydrogen-bond acceptors (Lipinski definition) is 7. The van der Waals surface area contributed by atoms with Crippen LogP contribution in [0, 0.1) is 0 Å². The van der Waals surface area contributed by atoms with E-state index in [9.17, 15) is 22.8 Å². The highest BCUT2D eigenvalue weighted by molar-refractivity contribution is 5.96. The van der Waals surface area contributed by atoms with E-state index in [0.29, 0.717) is 17.0 Å². The molecule has 4 rings (SSSR count). The van der Waals surface area contributed by atoms with Crippen LogP contribution >= 0.6 is 0 Å². The summed E-state index contributed by atoms with van der Waals surface area (Å²) in [4.78, 5) is 29.4. The fourth-order valence-corrected chi connectivity index (χ4v) is 2.94. The standard InChI is InChI=1S/C20H14F3N5O4/c1-31-14-6-2-12(3-7-14)16(29)10-27-11-24-18-17(19(27)30)25-26-28(18)13-4-8-15(9-5-13)32-20(21,22)23/h2-9,11H,10H2,1H3. The lowest BCUT2D eigenvalue weighted by molar-refractivity contribution is -0.274. The van der Waals surface area contributed by atoms with Gasteiger partial charge in [-0.25, -0.2) is 4.98 Å². The molecule has 0 aliphatic rings. The van der Waals surface area contributed by atoms with Crippen molar-refractivity contribution in [1.82, 2.24) is 24.5 Å². The molecule has 32 heavy (non-hydrogen) atoms. The topological polar surface area (TPSA) is 101 Å². The van der Waals surface area contributed by atoms with Crippen LogP contribution in [0.5, 0.6) is 11.5 Å². The average Bonchev–Trinajstić information content (AvgIpc) is 3.20. The summed E-state index contributed by atoms with van der Waals surface area (Å²) in [6, 6.07) is 11.3. The Labute approximate surface area is 177 Å². The van der Waals surface area contributed by atoms with Gasteiger partial charge in [0.1, 0.15) is 17.8 Å². The highest BCUT2D eigenvalue weighted by Crippen LogP contribution is 2.24. The zero-order chi connectivity index (χ0) is 22.9. The van der Waals surface area contributed by atoms with Crippen LogP contribution in [-0.2, 0) is 6.54 Å². The summed E-state index contributed by atoms with van der Waals surface area (Å²) in [6.07, 6.45) is -3.62. The summed E-state index contributed by atoms with van der Waals surface area (Å²) in [7, 11) is 1.51. The summed E-state index contributed by atoms with van der Waals surface area (Å²) in [5.41, 5.74) is 0.127. The van der Waals surface area contributed by atoms with Crippen LogP contribution in [0.4, 0.5) is 13.2 Å². The quantitative estimate of drug-likeness (QED) is 0.421. The second-order valence-electron chi connectivity index (χ2n) is 6.54. The number of ketones is 1. The Morgan fingerprint density at radius 1 is 1.03 bits per heavy atom. The van der Waals surface area contributed by atoms with E-state index in [0.717, 1.165) is 16.7 Å². The van der Waals surface area contributed by atoms with E-state index >= 15 is 0 Å². The molecule has 12 heteroatoms. The molecule has 0 atom stereocenters. The molecule has 2 aromatic carbocycles. The number of carbonyl (C=O) groups excluding carboxylic acids is 1. The van der Waals surface area contributed by atoms with Crippen LogP contribution < -0.4 is 15.0 Å². The predicted octanol–water partition coefficient (Wildman–Crippen LogP) is 2.77. The molecule has 0 radical (unpaired) electrons. The van der Waals surface area contributed by atoms with Gasteiger partial charge in [-0.15, -0.1) is 18.3 Å². The molecule has 0 saturated carbocycles. The lowest BCUT2D eigenvalue weighted by atomic mass is 10.1. The van der Waals surface area contributed by atoms with Crippen LogP contribution in [-0.4, -0.2) is 43.8 Å². The number of rotatable bonds is 6. The Morgan fingerprint density at radius 3 is 2.31 bits per heavy atom. The average molecular weight is 445 g/mol. The van der Waals surface area contributed by atoms with Gasteiger partial charge in [-0.1, -0.05) is 5.21 Å². The maximum absolute atomic E-state index is 12.7. The number of methoxy groups -OCH3 is 1. The van der Waals surface area contributed by atoms with Crippen molar-refractivity contribution < 1.29 is 27.4 Å². The van der Waals surface area contributed by atoms with E-state index in [4.69, 9.17) is 4.74 Å². The fourth-order valence-electron chi connectivity index (χ4n) is 2.94. The molecule has 9 nitrogen and oxygen atoms in total. The van der Waals surface area contributed by atoms with Crippen LogP contribution in [0.25, 0.3) is 16.9 Å². The summed E-state index contributed by atoms with van der Waals surface area (Å²) >= 11 is 0. The molecular formula is C20H14F3N5O4. The molecule has 0 unspecified atom stereocenters. The van der Waals surface area contributed by atoms with Crippen LogP contribution in [0.2, 0.25) is 0 Å². The second-order valence-corrected chi connectivity index (χ2v) is 6.54. The Morgan fingerprint density at radius 2 is 1.69 bits per heavy atom. The van der Waals surface area contributed by atoms with E-state index in [1.807, 2.05) is 0 Å². The molecule has 0 aliphatic heterocycles. The van der Waals surface area contributed by atoms with E-state index in [1.54, 1.807) is 24.3 Å². The highest BCUT2D eigenvalue weighted by atomic mass is 19.4. The van der Waals surface area contributed by atoms with E-state index in [2.05, 4.69) is 20.0 Å². The lowest BCUT2D eigenvalue weighted by Crippen LogP contribution is -2.25. The van der Waals surface area contributed by atoms with Crippen molar-refractivity contribution in [3.05, 3.63) is 70.8 Å². The number of benzene rings is 2. The normalized spacial score (nSPS) is 11.5. The number of fused-ring (bicyclic) bond motifs is 1. The smallest absolute Gasteiger partial charge is 0.497 e. The maximum atomic E-state index is 12.7. The van der Waals surface area contributed by atoms with Crippen molar-refractivity contribution in [2.75, 3.05) is 7.11 Å².